The van der Waals surface area contributed by atoms with Gasteiger partial charge in [0.15, 0.2) is 6.61 Å². The molecule has 0 saturated heterocycles. The lowest BCUT2D eigenvalue weighted by Crippen LogP contribution is -2.30. The molecule has 0 saturated carbocycles. The zero-order valence-electron chi connectivity index (χ0n) is 15.4. The average molecular weight is 369 g/mol. The quantitative estimate of drug-likeness (QED) is 0.481. The normalized spacial score (nSPS) is 10.9. The van der Waals surface area contributed by atoms with Crippen LogP contribution in [0.1, 0.15) is 16.8 Å². The molecule has 0 bridgehead atoms. The Morgan fingerprint density at radius 2 is 1.81 bits per heavy atom. The molecular formula is C21H24N2O2S. The number of aromatic nitrogens is 1. The third-order valence-electron chi connectivity index (χ3n) is 4.26. The van der Waals surface area contributed by atoms with Crippen molar-refractivity contribution in [3.63, 3.8) is 0 Å². The summed E-state index contributed by atoms with van der Waals surface area (Å²) >= 11 is 1.76. The van der Waals surface area contributed by atoms with Crippen molar-refractivity contribution in [3.05, 3.63) is 59.3 Å². The summed E-state index contributed by atoms with van der Waals surface area (Å²) in [6.07, 6.45) is 0. The third-order valence-corrected chi connectivity index (χ3v) is 5.48. The monoisotopic (exact) mass is 368 g/mol. The van der Waals surface area contributed by atoms with Gasteiger partial charge in [0.1, 0.15) is 5.75 Å². The largest absolute Gasteiger partial charge is 0.483 e. The van der Waals surface area contributed by atoms with E-state index in [0.717, 1.165) is 28.1 Å². The summed E-state index contributed by atoms with van der Waals surface area (Å²) in [7, 11) is 0. The van der Waals surface area contributed by atoms with Gasteiger partial charge in [-0.2, -0.15) is 0 Å². The predicted octanol–water partition coefficient (Wildman–Crippen LogP) is 4.38. The van der Waals surface area contributed by atoms with Crippen molar-refractivity contribution in [2.24, 2.45) is 0 Å². The highest BCUT2D eigenvalue weighted by Crippen LogP contribution is 2.30. The standard InChI is InChI=1S/C21H24N2O2S/c1-14-7-6-8-15(2)20(14)25-13-19(24)22-11-12-26-21-16(3)23-18-10-5-4-9-17(18)21/h4-10,23H,11-13H2,1-3H3,(H,22,24). The van der Waals surface area contributed by atoms with Crippen LogP contribution in [0.2, 0.25) is 0 Å². The first-order valence-electron chi connectivity index (χ1n) is 8.72. The molecule has 0 aliphatic heterocycles. The lowest BCUT2D eigenvalue weighted by molar-refractivity contribution is -0.122. The highest BCUT2D eigenvalue weighted by molar-refractivity contribution is 7.99. The van der Waals surface area contributed by atoms with Crippen LogP contribution in [0.5, 0.6) is 5.75 Å². The molecule has 3 aromatic rings. The van der Waals surface area contributed by atoms with E-state index in [-0.39, 0.29) is 12.5 Å². The van der Waals surface area contributed by atoms with E-state index in [1.54, 1.807) is 11.8 Å². The minimum Gasteiger partial charge on any atom is -0.483 e. The van der Waals surface area contributed by atoms with Crippen LogP contribution in [-0.2, 0) is 4.79 Å². The van der Waals surface area contributed by atoms with Gasteiger partial charge < -0.3 is 15.0 Å². The van der Waals surface area contributed by atoms with Gasteiger partial charge in [-0.3, -0.25) is 4.79 Å². The molecular weight excluding hydrogens is 344 g/mol. The summed E-state index contributed by atoms with van der Waals surface area (Å²) in [5.74, 6) is 1.52. The Morgan fingerprint density at radius 3 is 2.58 bits per heavy atom. The molecule has 0 unspecified atom stereocenters. The summed E-state index contributed by atoms with van der Waals surface area (Å²) in [6, 6.07) is 14.2. The number of ether oxygens (including phenoxy) is 1. The van der Waals surface area contributed by atoms with Crippen LogP contribution in [0.25, 0.3) is 10.9 Å². The second kappa shape index (κ2) is 8.32. The van der Waals surface area contributed by atoms with Gasteiger partial charge in [-0.25, -0.2) is 0 Å². The molecule has 1 heterocycles. The summed E-state index contributed by atoms with van der Waals surface area (Å²) in [6.45, 7) is 6.71. The molecule has 2 aromatic carbocycles. The number of carbonyl (C=O) groups is 1. The Balaban J connectivity index is 1.46. The van der Waals surface area contributed by atoms with Crippen molar-refractivity contribution in [1.82, 2.24) is 10.3 Å². The van der Waals surface area contributed by atoms with Crippen molar-refractivity contribution < 1.29 is 9.53 Å². The van der Waals surface area contributed by atoms with Gasteiger partial charge in [0, 0.05) is 33.8 Å². The van der Waals surface area contributed by atoms with Crippen LogP contribution in [-0.4, -0.2) is 29.8 Å². The van der Waals surface area contributed by atoms with E-state index < -0.39 is 0 Å². The van der Waals surface area contributed by atoms with Crippen LogP contribution in [0.3, 0.4) is 0 Å². The third kappa shape index (κ3) is 4.22. The molecule has 2 N–H and O–H groups in total. The van der Waals surface area contributed by atoms with Crippen molar-refractivity contribution in [1.29, 1.82) is 0 Å². The number of H-pyrrole nitrogens is 1. The first-order chi connectivity index (χ1) is 12.6. The Labute approximate surface area is 158 Å². The number of aromatic amines is 1. The number of para-hydroxylation sites is 2. The van der Waals surface area contributed by atoms with Crippen molar-refractivity contribution in [3.8, 4) is 5.75 Å². The van der Waals surface area contributed by atoms with Gasteiger partial charge in [0.25, 0.3) is 5.91 Å². The van der Waals surface area contributed by atoms with Crippen LogP contribution in [0.4, 0.5) is 0 Å². The van der Waals surface area contributed by atoms with E-state index in [9.17, 15) is 4.79 Å². The lowest BCUT2D eigenvalue weighted by atomic mass is 10.1. The zero-order chi connectivity index (χ0) is 18.5. The fraction of sp³-hybridized carbons (Fsp3) is 0.286. The summed E-state index contributed by atoms with van der Waals surface area (Å²) < 4.78 is 5.69. The fourth-order valence-corrected chi connectivity index (χ4v) is 4.01. The average Bonchev–Trinajstić information content (AvgIpc) is 2.93. The molecule has 26 heavy (non-hydrogen) atoms. The predicted molar refractivity (Wildman–Crippen MR) is 108 cm³/mol. The van der Waals surface area contributed by atoms with Gasteiger partial charge in [0.05, 0.1) is 0 Å². The molecule has 1 aromatic heterocycles. The van der Waals surface area contributed by atoms with Crippen molar-refractivity contribution in [2.75, 3.05) is 18.9 Å². The van der Waals surface area contributed by atoms with Gasteiger partial charge >= 0.3 is 0 Å². The highest BCUT2D eigenvalue weighted by Gasteiger charge is 2.09. The minimum absolute atomic E-state index is 0.0441. The maximum atomic E-state index is 12.0. The number of hydrogen-bond donors (Lipinski definition) is 2. The van der Waals surface area contributed by atoms with Gasteiger partial charge in [-0.1, -0.05) is 36.4 Å². The Bertz CT molecular complexity index is 897. The minimum atomic E-state index is -0.0936. The van der Waals surface area contributed by atoms with Gasteiger partial charge in [0.2, 0.25) is 0 Å². The molecule has 0 atom stereocenters. The zero-order valence-corrected chi connectivity index (χ0v) is 16.2. The van der Waals surface area contributed by atoms with Gasteiger partial charge in [-0.15, -0.1) is 11.8 Å². The topological polar surface area (TPSA) is 54.1 Å². The molecule has 0 aliphatic rings. The van der Waals surface area contributed by atoms with Crippen LogP contribution in [0, 0.1) is 20.8 Å². The maximum absolute atomic E-state index is 12.0. The molecule has 5 heteroatoms. The molecule has 0 fully saturated rings. The van der Waals surface area contributed by atoms with E-state index >= 15 is 0 Å². The van der Waals surface area contributed by atoms with E-state index in [1.165, 1.54) is 16.0 Å². The second-order valence-corrected chi connectivity index (χ2v) is 7.44. The maximum Gasteiger partial charge on any atom is 0.257 e. The van der Waals surface area contributed by atoms with E-state index in [2.05, 4.69) is 29.4 Å². The Hall–Kier alpha value is -2.40. The molecule has 0 aliphatic carbocycles. The number of thioether (sulfide) groups is 1. The molecule has 3 rings (SSSR count). The highest BCUT2D eigenvalue weighted by atomic mass is 32.2. The van der Waals surface area contributed by atoms with Crippen molar-refractivity contribution >= 4 is 28.6 Å². The number of nitrogens with one attached hydrogen (secondary N) is 2. The smallest absolute Gasteiger partial charge is 0.257 e. The number of aryl methyl sites for hydroxylation is 3. The number of benzene rings is 2. The SMILES string of the molecule is Cc1cccc(C)c1OCC(=O)NCCSc1c(C)[nH]c2ccccc12. The molecule has 0 spiro atoms. The first-order valence-corrected chi connectivity index (χ1v) is 9.70. The summed E-state index contributed by atoms with van der Waals surface area (Å²) in [5, 5.41) is 4.16. The van der Waals surface area contributed by atoms with Crippen LogP contribution < -0.4 is 10.1 Å². The number of rotatable bonds is 7. The van der Waals surface area contributed by atoms with Crippen LogP contribution >= 0.6 is 11.8 Å². The molecule has 4 nitrogen and oxygen atoms in total. The second-order valence-electron chi connectivity index (χ2n) is 6.33. The summed E-state index contributed by atoms with van der Waals surface area (Å²) in [4.78, 5) is 16.7. The van der Waals surface area contributed by atoms with Crippen molar-refractivity contribution in [2.45, 2.75) is 25.7 Å². The van der Waals surface area contributed by atoms with E-state index in [0.29, 0.717) is 6.54 Å². The van der Waals surface area contributed by atoms with E-state index in [1.807, 2.05) is 44.2 Å². The number of carbonyl (C=O) groups excluding carboxylic acids is 1. The Kier molecular flexibility index (Phi) is 5.89. The van der Waals surface area contributed by atoms with Crippen LogP contribution in [0.15, 0.2) is 47.4 Å². The van der Waals surface area contributed by atoms with Gasteiger partial charge in [-0.05, 0) is 38.0 Å². The molecule has 0 radical (unpaired) electrons. The molecule has 1 amide bonds. The number of amides is 1. The number of fused-ring (bicyclic) bond motifs is 1. The fourth-order valence-electron chi connectivity index (χ4n) is 3.00. The summed E-state index contributed by atoms with van der Waals surface area (Å²) in [5.41, 5.74) is 4.41. The lowest BCUT2D eigenvalue weighted by Gasteiger charge is -2.12. The number of hydrogen-bond acceptors (Lipinski definition) is 3. The first kappa shape index (κ1) is 18.4. The molecule has 136 valence electrons. The van der Waals surface area contributed by atoms with E-state index in [4.69, 9.17) is 4.74 Å². The Morgan fingerprint density at radius 1 is 1.08 bits per heavy atom.